The van der Waals surface area contributed by atoms with E-state index in [1.807, 2.05) is 0 Å². The van der Waals surface area contributed by atoms with Crippen LogP contribution in [0.2, 0.25) is 0 Å². The molecule has 0 bridgehead atoms. The summed E-state index contributed by atoms with van der Waals surface area (Å²) in [6.07, 6.45) is 2.08. The van der Waals surface area contributed by atoms with Gasteiger partial charge in [-0.15, -0.1) is 0 Å². The van der Waals surface area contributed by atoms with Gasteiger partial charge in [0.1, 0.15) is 5.75 Å². The van der Waals surface area contributed by atoms with E-state index in [0.717, 1.165) is 12.8 Å². The molecule has 1 fully saturated rings. The summed E-state index contributed by atoms with van der Waals surface area (Å²) in [5, 5.41) is 2.81. The van der Waals surface area contributed by atoms with Gasteiger partial charge in [-0.05, 0) is 31.0 Å². The zero-order chi connectivity index (χ0) is 11.5. The summed E-state index contributed by atoms with van der Waals surface area (Å²) in [5.74, 6) is -0.136. The molecule has 1 aliphatic carbocycles. The van der Waals surface area contributed by atoms with E-state index in [0.29, 0.717) is 16.6 Å². The lowest BCUT2D eigenvalue weighted by Gasteiger charge is -2.04. The second-order valence-corrected chi connectivity index (χ2v) is 5.36. The first-order chi connectivity index (χ1) is 7.65. The van der Waals surface area contributed by atoms with Gasteiger partial charge in [-0.1, -0.05) is 6.07 Å². The van der Waals surface area contributed by atoms with Crippen molar-refractivity contribution in [2.75, 3.05) is 11.5 Å². The first-order valence-electron chi connectivity index (χ1n) is 5.18. The summed E-state index contributed by atoms with van der Waals surface area (Å²) < 4.78 is 11.8. The van der Waals surface area contributed by atoms with Gasteiger partial charge in [0.2, 0.25) is 5.91 Å². The number of hydrogen-bond donors (Lipinski definition) is 2. The molecule has 1 unspecified atom stereocenters. The van der Waals surface area contributed by atoms with E-state index in [9.17, 15) is 9.00 Å². The molecule has 1 saturated carbocycles. The number of carbonyl (C=O) groups excluding carboxylic acids is 1. The van der Waals surface area contributed by atoms with Crippen LogP contribution in [-0.4, -0.2) is 21.9 Å². The predicted octanol–water partition coefficient (Wildman–Crippen LogP) is 0.655. The number of anilines is 1. The number of amides is 1. The van der Waals surface area contributed by atoms with Gasteiger partial charge in [-0.3, -0.25) is 9.00 Å². The third-order valence-corrected chi connectivity index (χ3v) is 3.63. The van der Waals surface area contributed by atoms with Crippen LogP contribution in [0, 0.1) is 0 Å². The summed E-state index contributed by atoms with van der Waals surface area (Å²) in [6, 6.07) is 7.13. The maximum atomic E-state index is 11.8. The highest BCUT2D eigenvalue weighted by Gasteiger charge is 2.24. The van der Waals surface area contributed by atoms with E-state index in [1.165, 1.54) is 0 Å². The fraction of sp³-hybridized carbons (Fsp3) is 0.364. The van der Waals surface area contributed by atoms with Crippen LogP contribution in [0.25, 0.3) is 0 Å². The molecular formula is C11H14N2O2S. The Kier molecular flexibility index (Phi) is 3.24. The van der Waals surface area contributed by atoms with Gasteiger partial charge < -0.3 is 11.1 Å². The van der Waals surface area contributed by atoms with E-state index >= 15 is 0 Å². The standard InChI is InChI=1S/C11H14N2O2S/c12-8-2-1-3-10(6-8)16(15)7-11(14)13-9-4-5-9/h1-3,6,9H,4-5,7,12H2,(H,13,14). The number of carbonyl (C=O) groups is 1. The van der Waals surface area contributed by atoms with Crippen LogP contribution >= 0.6 is 0 Å². The number of nitrogens with one attached hydrogen (secondary N) is 1. The number of hydrogen-bond acceptors (Lipinski definition) is 3. The minimum absolute atomic E-state index is 0.0138. The molecule has 1 atom stereocenters. The van der Waals surface area contributed by atoms with Crippen molar-refractivity contribution in [3.8, 4) is 0 Å². The van der Waals surface area contributed by atoms with E-state index < -0.39 is 10.8 Å². The quantitative estimate of drug-likeness (QED) is 0.757. The van der Waals surface area contributed by atoms with E-state index in [-0.39, 0.29) is 11.7 Å². The molecule has 2 rings (SSSR count). The third-order valence-electron chi connectivity index (χ3n) is 2.33. The summed E-state index contributed by atoms with van der Waals surface area (Å²) in [7, 11) is -1.30. The second kappa shape index (κ2) is 4.65. The van der Waals surface area contributed by atoms with Gasteiger partial charge in [-0.25, -0.2) is 0 Å². The maximum Gasteiger partial charge on any atom is 0.233 e. The van der Waals surface area contributed by atoms with E-state index in [2.05, 4.69) is 5.32 Å². The van der Waals surface area contributed by atoms with Crippen LogP contribution < -0.4 is 11.1 Å². The molecule has 1 aliphatic rings. The number of nitrogens with two attached hydrogens (primary N) is 1. The van der Waals surface area contributed by atoms with Crippen molar-refractivity contribution < 1.29 is 9.00 Å². The Bertz CT molecular complexity index is 430. The summed E-state index contributed by atoms with van der Waals surface area (Å²) >= 11 is 0. The summed E-state index contributed by atoms with van der Waals surface area (Å²) in [6.45, 7) is 0. The minimum Gasteiger partial charge on any atom is -0.399 e. The zero-order valence-corrected chi connectivity index (χ0v) is 9.63. The van der Waals surface area contributed by atoms with Gasteiger partial charge in [0.15, 0.2) is 0 Å². The molecule has 1 amide bonds. The van der Waals surface area contributed by atoms with Crippen molar-refractivity contribution in [3.05, 3.63) is 24.3 Å². The van der Waals surface area contributed by atoms with Crippen molar-refractivity contribution in [3.63, 3.8) is 0 Å². The van der Waals surface area contributed by atoms with E-state index in [1.54, 1.807) is 24.3 Å². The lowest BCUT2D eigenvalue weighted by Crippen LogP contribution is -2.30. The molecule has 16 heavy (non-hydrogen) atoms. The van der Waals surface area contributed by atoms with Crippen molar-refractivity contribution in [1.82, 2.24) is 5.32 Å². The SMILES string of the molecule is Nc1cccc(S(=O)CC(=O)NC2CC2)c1. The Balaban J connectivity index is 1.93. The van der Waals surface area contributed by atoms with Crippen LogP contribution in [0.4, 0.5) is 5.69 Å². The van der Waals surface area contributed by atoms with Crippen molar-refractivity contribution >= 4 is 22.4 Å². The summed E-state index contributed by atoms with van der Waals surface area (Å²) in [4.78, 5) is 12.0. The molecular weight excluding hydrogens is 224 g/mol. The average Bonchev–Trinajstić information content (AvgIpc) is 3.01. The highest BCUT2D eigenvalue weighted by Crippen LogP contribution is 2.18. The van der Waals surface area contributed by atoms with Gasteiger partial charge in [0, 0.05) is 16.6 Å². The molecule has 0 aromatic heterocycles. The van der Waals surface area contributed by atoms with Crippen molar-refractivity contribution in [2.45, 2.75) is 23.8 Å². The van der Waals surface area contributed by atoms with Gasteiger partial charge in [0.05, 0.1) is 10.8 Å². The van der Waals surface area contributed by atoms with Crippen molar-refractivity contribution in [1.29, 1.82) is 0 Å². The largest absolute Gasteiger partial charge is 0.399 e. The van der Waals surface area contributed by atoms with Crippen molar-refractivity contribution in [2.24, 2.45) is 0 Å². The van der Waals surface area contributed by atoms with Crippen LogP contribution in [0.15, 0.2) is 29.2 Å². The third kappa shape index (κ3) is 3.06. The molecule has 1 aromatic carbocycles. The Morgan fingerprint density at radius 3 is 2.88 bits per heavy atom. The first kappa shape index (κ1) is 11.1. The highest BCUT2D eigenvalue weighted by molar-refractivity contribution is 7.85. The van der Waals surface area contributed by atoms with Gasteiger partial charge in [0.25, 0.3) is 0 Å². The average molecular weight is 238 g/mol. The molecule has 0 aliphatic heterocycles. The molecule has 0 spiro atoms. The molecule has 0 saturated heterocycles. The smallest absolute Gasteiger partial charge is 0.233 e. The fourth-order valence-corrected chi connectivity index (χ4v) is 2.34. The molecule has 4 nitrogen and oxygen atoms in total. The topological polar surface area (TPSA) is 72.2 Å². The Morgan fingerprint density at radius 1 is 1.50 bits per heavy atom. The Labute approximate surface area is 96.7 Å². The summed E-state index contributed by atoms with van der Waals surface area (Å²) in [5.41, 5.74) is 6.15. The van der Waals surface area contributed by atoms with Gasteiger partial charge >= 0.3 is 0 Å². The molecule has 86 valence electrons. The Morgan fingerprint density at radius 2 is 2.25 bits per heavy atom. The normalized spacial score (nSPS) is 16.8. The van der Waals surface area contributed by atoms with Gasteiger partial charge in [-0.2, -0.15) is 0 Å². The lowest BCUT2D eigenvalue weighted by molar-refractivity contribution is -0.118. The maximum absolute atomic E-state index is 11.8. The Hall–Kier alpha value is -1.36. The monoisotopic (exact) mass is 238 g/mol. The molecule has 3 N–H and O–H groups in total. The molecule has 1 aromatic rings. The number of rotatable bonds is 4. The minimum atomic E-state index is -1.30. The predicted molar refractivity (Wildman–Crippen MR) is 63.3 cm³/mol. The van der Waals surface area contributed by atoms with Crippen LogP contribution in [0.1, 0.15) is 12.8 Å². The highest BCUT2D eigenvalue weighted by atomic mass is 32.2. The van der Waals surface area contributed by atoms with Crippen LogP contribution in [0.3, 0.4) is 0 Å². The first-order valence-corrected chi connectivity index (χ1v) is 6.50. The van der Waals surface area contributed by atoms with Crippen LogP contribution in [-0.2, 0) is 15.6 Å². The second-order valence-electron chi connectivity index (χ2n) is 3.90. The fourth-order valence-electron chi connectivity index (χ4n) is 1.36. The molecule has 5 heteroatoms. The molecule has 0 heterocycles. The zero-order valence-electron chi connectivity index (χ0n) is 8.81. The molecule has 0 radical (unpaired) electrons. The number of benzene rings is 1. The lowest BCUT2D eigenvalue weighted by atomic mass is 10.3. The van der Waals surface area contributed by atoms with Crippen LogP contribution in [0.5, 0.6) is 0 Å². The number of nitrogen functional groups attached to an aromatic ring is 1. The van der Waals surface area contributed by atoms with E-state index in [4.69, 9.17) is 5.73 Å².